The van der Waals surface area contributed by atoms with Crippen LogP contribution in [-0.4, -0.2) is 15.0 Å². The maximum atomic E-state index is 9.25. The fourth-order valence-corrected chi connectivity index (χ4v) is 2.27. The molecule has 23 heavy (non-hydrogen) atoms. The molecule has 114 valence electrons. The van der Waals surface area contributed by atoms with Crippen molar-refractivity contribution in [2.24, 2.45) is 0 Å². The molecule has 2 aromatic carbocycles. The van der Waals surface area contributed by atoms with Gasteiger partial charge < -0.3 is 4.74 Å². The molecule has 0 aliphatic heterocycles. The van der Waals surface area contributed by atoms with Crippen LogP contribution >= 0.6 is 0 Å². The quantitative estimate of drug-likeness (QED) is 0.741. The smallest absolute Gasteiger partial charge is 0.189 e. The monoisotopic (exact) mass is 304 g/mol. The molecule has 0 aliphatic rings. The van der Waals surface area contributed by atoms with E-state index < -0.39 is 0 Å². The van der Waals surface area contributed by atoms with E-state index in [1.165, 1.54) is 5.56 Å². The van der Waals surface area contributed by atoms with Gasteiger partial charge >= 0.3 is 0 Å². The van der Waals surface area contributed by atoms with Crippen LogP contribution in [0.1, 0.15) is 22.5 Å². The summed E-state index contributed by atoms with van der Waals surface area (Å²) in [5.74, 6) is 0.747. The van der Waals surface area contributed by atoms with Crippen LogP contribution in [0.15, 0.2) is 48.5 Å². The zero-order chi connectivity index (χ0) is 16.2. The van der Waals surface area contributed by atoms with Gasteiger partial charge in [0.15, 0.2) is 5.69 Å². The minimum Gasteiger partial charge on any atom is -0.487 e. The minimum absolute atomic E-state index is 0.229. The first-order valence-electron chi connectivity index (χ1n) is 7.28. The molecule has 5 nitrogen and oxygen atoms in total. The number of ether oxygens (including phenoxy) is 1. The average Bonchev–Trinajstić information content (AvgIpc) is 2.97. The fraction of sp³-hybridized carbons (Fsp3) is 0.167. The van der Waals surface area contributed by atoms with E-state index in [4.69, 9.17) is 4.74 Å². The second-order valence-electron chi connectivity index (χ2n) is 5.35. The summed E-state index contributed by atoms with van der Waals surface area (Å²) in [5.41, 5.74) is 4.06. The van der Waals surface area contributed by atoms with Crippen molar-refractivity contribution in [2.75, 3.05) is 0 Å². The Labute approximate surface area is 134 Å². The van der Waals surface area contributed by atoms with Crippen LogP contribution in [0.2, 0.25) is 0 Å². The van der Waals surface area contributed by atoms with E-state index in [2.05, 4.69) is 16.4 Å². The third kappa shape index (κ3) is 3.22. The third-order valence-electron chi connectivity index (χ3n) is 3.51. The summed E-state index contributed by atoms with van der Waals surface area (Å²) in [6.45, 7) is 4.26. The maximum absolute atomic E-state index is 9.25. The topological polar surface area (TPSA) is 63.7 Å². The molecule has 0 spiro atoms. The molecule has 0 unspecified atom stereocenters. The Hall–Kier alpha value is -3.13. The molecular weight excluding hydrogens is 288 g/mol. The average molecular weight is 304 g/mol. The van der Waals surface area contributed by atoms with Crippen LogP contribution < -0.4 is 4.74 Å². The lowest BCUT2D eigenvalue weighted by Gasteiger charge is -2.09. The van der Waals surface area contributed by atoms with Crippen LogP contribution in [0.3, 0.4) is 0 Å². The predicted molar refractivity (Wildman–Crippen MR) is 86.3 cm³/mol. The Balaban J connectivity index is 1.90. The van der Waals surface area contributed by atoms with Crippen molar-refractivity contribution in [1.29, 1.82) is 5.26 Å². The summed E-state index contributed by atoms with van der Waals surface area (Å²) < 4.78 is 7.44. The van der Waals surface area contributed by atoms with E-state index in [9.17, 15) is 5.26 Å². The molecule has 0 fully saturated rings. The van der Waals surface area contributed by atoms with Crippen molar-refractivity contribution in [3.05, 3.63) is 71.0 Å². The number of rotatable bonds is 4. The molecule has 5 heteroatoms. The Morgan fingerprint density at radius 1 is 1.09 bits per heavy atom. The number of hydrogen-bond acceptors (Lipinski definition) is 4. The van der Waals surface area contributed by atoms with Crippen LogP contribution in [0, 0.1) is 25.2 Å². The maximum Gasteiger partial charge on any atom is 0.189 e. The number of nitrogens with zero attached hydrogens (tertiary/aromatic N) is 4. The highest BCUT2D eigenvalue weighted by molar-refractivity contribution is 5.39. The highest BCUT2D eigenvalue weighted by Gasteiger charge is 2.15. The molecule has 0 saturated carbocycles. The van der Waals surface area contributed by atoms with E-state index in [1.807, 2.05) is 62.4 Å². The number of aromatic nitrogens is 3. The van der Waals surface area contributed by atoms with Gasteiger partial charge in [0.1, 0.15) is 24.1 Å². The lowest BCUT2D eigenvalue weighted by Crippen LogP contribution is -2.07. The molecular formula is C18H16N4O. The molecule has 0 radical (unpaired) electrons. The van der Waals surface area contributed by atoms with E-state index in [0.29, 0.717) is 5.69 Å². The highest BCUT2D eigenvalue weighted by Crippen LogP contribution is 2.18. The van der Waals surface area contributed by atoms with E-state index in [-0.39, 0.29) is 12.3 Å². The Morgan fingerprint density at radius 2 is 1.87 bits per heavy atom. The summed E-state index contributed by atoms with van der Waals surface area (Å²) >= 11 is 0. The van der Waals surface area contributed by atoms with Gasteiger partial charge in [-0.2, -0.15) is 5.26 Å². The zero-order valence-corrected chi connectivity index (χ0v) is 13.0. The molecule has 1 aromatic heterocycles. The van der Waals surface area contributed by atoms with Gasteiger partial charge in [0, 0.05) is 0 Å². The van der Waals surface area contributed by atoms with Crippen molar-refractivity contribution >= 4 is 0 Å². The van der Waals surface area contributed by atoms with Crippen molar-refractivity contribution in [1.82, 2.24) is 15.0 Å². The summed E-state index contributed by atoms with van der Waals surface area (Å²) in [6, 6.07) is 17.7. The second kappa shape index (κ2) is 6.32. The number of nitriles is 1. The standard InChI is InChI=1S/C18H16N4O/c1-13-6-8-16(9-7-13)23-12-18-17(11-19)20-21-22(18)15-5-3-4-14(2)10-15/h3-10H,12H2,1-2H3. The normalized spacial score (nSPS) is 10.3. The first-order valence-corrected chi connectivity index (χ1v) is 7.28. The van der Waals surface area contributed by atoms with Gasteiger partial charge in [-0.05, 0) is 43.7 Å². The third-order valence-corrected chi connectivity index (χ3v) is 3.51. The lowest BCUT2D eigenvalue weighted by atomic mass is 10.2. The van der Waals surface area contributed by atoms with Crippen LogP contribution in [0.4, 0.5) is 0 Å². The number of hydrogen-bond donors (Lipinski definition) is 0. The summed E-state index contributed by atoms with van der Waals surface area (Å²) in [5, 5.41) is 17.3. The fourth-order valence-electron chi connectivity index (χ4n) is 2.27. The van der Waals surface area contributed by atoms with Gasteiger partial charge in [0.05, 0.1) is 5.69 Å². The van der Waals surface area contributed by atoms with Crippen molar-refractivity contribution in [3.63, 3.8) is 0 Å². The summed E-state index contributed by atoms with van der Waals surface area (Å²) in [7, 11) is 0. The Bertz CT molecular complexity index is 859. The molecule has 0 saturated heterocycles. The Kier molecular flexibility index (Phi) is 4.07. The van der Waals surface area contributed by atoms with Gasteiger partial charge in [0.25, 0.3) is 0 Å². The van der Waals surface area contributed by atoms with Crippen LogP contribution in [-0.2, 0) is 6.61 Å². The number of benzene rings is 2. The van der Waals surface area contributed by atoms with Gasteiger partial charge in [0.2, 0.25) is 0 Å². The van der Waals surface area contributed by atoms with Gasteiger partial charge in [-0.1, -0.05) is 35.0 Å². The molecule has 3 aromatic rings. The van der Waals surface area contributed by atoms with Gasteiger partial charge in [-0.3, -0.25) is 0 Å². The predicted octanol–water partition coefficient (Wildman–Crippen LogP) is 3.33. The van der Waals surface area contributed by atoms with E-state index in [1.54, 1.807) is 4.68 Å². The first kappa shape index (κ1) is 14.8. The molecule has 0 bridgehead atoms. The summed E-state index contributed by atoms with van der Waals surface area (Å²) in [4.78, 5) is 0. The second-order valence-corrected chi connectivity index (χ2v) is 5.35. The molecule has 0 amide bonds. The molecule has 0 aliphatic carbocycles. The van der Waals surface area contributed by atoms with Crippen LogP contribution in [0.5, 0.6) is 5.75 Å². The molecule has 0 N–H and O–H groups in total. The Morgan fingerprint density at radius 3 is 2.57 bits per heavy atom. The largest absolute Gasteiger partial charge is 0.487 e. The van der Waals surface area contributed by atoms with Gasteiger partial charge in [-0.15, -0.1) is 5.10 Å². The lowest BCUT2D eigenvalue weighted by molar-refractivity contribution is 0.297. The number of aryl methyl sites for hydroxylation is 2. The highest BCUT2D eigenvalue weighted by atomic mass is 16.5. The van der Waals surface area contributed by atoms with Crippen molar-refractivity contribution in [2.45, 2.75) is 20.5 Å². The SMILES string of the molecule is Cc1ccc(OCc2c(C#N)nnn2-c2cccc(C)c2)cc1. The van der Waals surface area contributed by atoms with Crippen LogP contribution in [0.25, 0.3) is 5.69 Å². The first-order chi connectivity index (χ1) is 11.2. The minimum atomic E-state index is 0.229. The summed E-state index contributed by atoms with van der Waals surface area (Å²) in [6.07, 6.45) is 0. The van der Waals surface area contributed by atoms with Crippen molar-refractivity contribution in [3.8, 4) is 17.5 Å². The van der Waals surface area contributed by atoms with E-state index in [0.717, 1.165) is 17.0 Å². The molecule has 3 rings (SSSR count). The molecule has 1 heterocycles. The zero-order valence-electron chi connectivity index (χ0n) is 13.0. The van der Waals surface area contributed by atoms with Crippen molar-refractivity contribution < 1.29 is 4.74 Å². The molecule has 0 atom stereocenters. The van der Waals surface area contributed by atoms with Gasteiger partial charge in [-0.25, -0.2) is 4.68 Å². The van der Waals surface area contributed by atoms with E-state index >= 15 is 0 Å².